The van der Waals surface area contributed by atoms with Gasteiger partial charge in [-0.3, -0.25) is 0 Å². The molecule has 0 saturated heterocycles. The van der Waals surface area contributed by atoms with Crippen molar-refractivity contribution in [3.8, 4) is 0 Å². The first-order chi connectivity index (χ1) is 9.50. The molecule has 0 atom stereocenters. The van der Waals surface area contributed by atoms with Crippen LogP contribution in [-0.2, 0) is 0 Å². The fraction of sp³-hybridized carbons (Fsp3) is 0.562. The molecule has 1 aromatic heterocycles. The fourth-order valence-corrected chi connectivity index (χ4v) is 3.18. The number of thiazole rings is 1. The number of rotatable bonds is 7. The summed E-state index contributed by atoms with van der Waals surface area (Å²) in [4.78, 5) is 4.61. The highest BCUT2D eigenvalue weighted by atomic mass is 32.1. The number of hydrogen-bond donors (Lipinski definition) is 2. The van der Waals surface area contributed by atoms with E-state index in [1.807, 2.05) is 18.2 Å². The molecule has 110 valence electrons. The molecule has 4 heteroatoms. The number of hydrogen-bond acceptors (Lipinski definition) is 4. The summed E-state index contributed by atoms with van der Waals surface area (Å²) in [7, 11) is 0. The van der Waals surface area contributed by atoms with E-state index in [4.69, 9.17) is 5.73 Å². The molecule has 0 fully saturated rings. The molecule has 0 aliphatic rings. The molecule has 0 saturated carbocycles. The molecular formula is C16H25N3S. The second-order valence-electron chi connectivity index (χ2n) is 6.22. The zero-order valence-corrected chi connectivity index (χ0v) is 13.5. The van der Waals surface area contributed by atoms with Crippen LogP contribution in [-0.4, -0.2) is 11.5 Å². The van der Waals surface area contributed by atoms with E-state index < -0.39 is 0 Å². The summed E-state index contributed by atoms with van der Waals surface area (Å²) in [5, 5.41) is 4.48. The monoisotopic (exact) mass is 291 g/mol. The van der Waals surface area contributed by atoms with Crippen molar-refractivity contribution in [1.82, 2.24) is 4.98 Å². The van der Waals surface area contributed by atoms with E-state index in [1.54, 1.807) is 11.3 Å². The number of unbranched alkanes of at least 4 members (excludes halogenated alkanes) is 2. The Morgan fingerprint density at radius 2 is 2.10 bits per heavy atom. The largest absolute Gasteiger partial charge is 0.399 e. The van der Waals surface area contributed by atoms with Gasteiger partial charge in [0.25, 0.3) is 0 Å². The first-order valence-corrected chi connectivity index (χ1v) is 8.22. The van der Waals surface area contributed by atoms with Crippen molar-refractivity contribution >= 4 is 32.4 Å². The molecule has 20 heavy (non-hydrogen) atoms. The van der Waals surface area contributed by atoms with Crippen LogP contribution in [0, 0.1) is 5.41 Å². The lowest BCUT2D eigenvalue weighted by Gasteiger charge is -2.24. The van der Waals surface area contributed by atoms with Gasteiger partial charge in [0.2, 0.25) is 0 Å². The molecule has 0 bridgehead atoms. The molecule has 3 N–H and O–H groups in total. The van der Waals surface area contributed by atoms with Gasteiger partial charge in [0.15, 0.2) is 5.13 Å². The highest BCUT2D eigenvalue weighted by Gasteiger charge is 2.17. The smallest absolute Gasteiger partial charge is 0.183 e. The molecule has 2 rings (SSSR count). The van der Waals surface area contributed by atoms with Gasteiger partial charge in [-0.15, -0.1) is 0 Å². The van der Waals surface area contributed by atoms with Crippen LogP contribution in [0.3, 0.4) is 0 Å². The molecule has 1 heterocycles. The molecule has 0 radical (unpaired) electrons. The minimum Gasteiger partial charge on any atom is -0.399 e. The predicted octanol–water partition coefficient (Wildman–Crippen LogP) is 4.90. The van der Waals surface area contributed by atoms with Crippen LogP contribution < -0.4 is 11.1 Å². The minimum absolute atomic E-state index is 0.312. The third-order valence-corrected chi connectivity index (χ3v) is 4.56. The Bertz CT molecular complexity index is 560. The highest BCUT2D eigenvalue weighted by Crippen LogP contribution is 2.29. The summed E-state index contributed by atoms with van der Waals surface area (Å²) in [6, 6.07) is 5.88. The third kappa shape index (κ3) is 4.10. The number of nitrogen functional groups attached to an aromatic ring is 1. The first-order valence-electron chi connectivity index (χ1n) is 7.40. The van der Waals surface area contributed by atoms with Gasteiger partial charge in [-0.25, -0.2) is 4.98 Å². The molecule has 0 amide bonds. The molecule has 0 aliphatic carbocycles. The van der Waals surface area contributed by atoms with Crippen LogP contribution in [0.1, 0.15) is 46.5 Å². The Labute approximate surface area is 125 Å². The number of aromatic nitrogens is 1. The summed E-state index contributed by atoms with van der Waals surface area (Å²) in [5.74, 6) is 0. The SMILES string of the molecule is CCCCCC(C)(C)CNc1nc2ccc(N)cc2s1. The van der Waals surface area contributed by atoms with Crippen LogP contribution in [0.25, 0.3) is 10.2 Å². The minimum atomic E-state index is 0.312. The predicted molar refractivity (Wildman–Crippen MR) is 90.4 cm³/mol. The summed E-state index contributed by atoms with van der Waals surface area (Å²) in [5.41, 5.74) is 7.94. The van der Waals surface area contributed by atoms with Crippen molar-refractivity contribution in [2.24, 2.45) is 5.41 Å². The van der Waals surface area contributed by atoms with E-state index in [-0.39, 0.29) is 0 Å². The second-order valence-corrected chi connectivity index (χ2v) is 7.25. The van der Waals surface area contributed by atoms with Gasteiger partial charge < -0.3 is 11.1 Å². The average molecular weight is 291 g/mol. The van der Waals surface area contributed by atoms with Crippen LogP contribution in [0.2, 0.25) is 0 Å². The van der Waals surface area contributed by atoms with E-state index in [9.17, 15) is 0 Å². The van der Waals surface area contributed by atoms with Crippen molar-refractivity contribution in [3.05, 3.63) is 18.2 Å². The van der Waals surface area contributed by atoms with Crippen molar-refractivity contribution < 1.29 is 0 Å². The highest BCUT2D eigenvalue weighted by molar-refractivity contribution is 7.22. The van der Waals surface area contributed by atoms with Gasteiger partial charge in [0, 0.05) is 12.2 Å². The normalized spacial score (nSPS) is 11.9. The lowest BCUT2D eigenvalue weighted by atomic mass is 9.87. The lowest BCUT2D eigenvalue weighted by Crippen LogP contribution is -2.22. The number of nitrogens with zero attached hydrogens (tertiary/aromatic N) is 1. The standard InChI is InChI=1S/C16H25N3S/c1-4-5-6-9-16(2,3)11-18-15-19-13-8-7-12(17)10-14(13)20-15/h7-8,10H,4-6,9,11,17H2,1-3H3,(H,18,19). The number of nitrogens with one attached hydrogen (secondary N) is 1. The zero-order chi connectivity index (χ0) is 14.6. The topological polar surface area (TPSA) is 50.9 Å². The van der Waals surface area contributed by atoms with E-state index in [1.165, 1.54) is 25.7 Å². The van der Waals surface area contributed by atoms with Crippen molar-refractivity contribution in [2.75, 3.05) is 17.6 Å². The van der Waals surface area contributed by atoms with E-state index in [0.717, 1.165) is 27.6 Å². The molecule has 0 spiro atoms. The maximum Gasteiger partial charge on any atom is 0.183 e. The number of nitrogens with two attached hydrogens (primary N) is 1. The fourth-order valence-electron chi connectivity index (χ4n) is 2.27. The molecule has 0 aliphatic heterocycles. The Kier molecular flexibility index (Phi) is 4.86. The van der Waals surface area contributed by atoms with Crippen LogP contribution in [0.4, 0.5) is 10.8 Å². The van der Waals surface area contributed by atoms with Crippen molar-refractivity contribution in [2.45, 2.75) is 46.5 Å². The molecule has 2 aromatic rings. The summed E-state index contributed by atoms with van der Waals surface area (Å²) in [6.07, 6.45) is 5.17. The Balaban J connectivity index is 1.94. The van der Waals surface area contributed by atoms with Crippen LogP contribution in [0.15, 0.2) is 18.2 Å². The zero-order valence-electron chi connectivity index (χ0n) is 12.7. The van der Waals surface area contributed by atoms with E-state index >= 15 is 0 Å². The van der Waals surface area contributed by atoms with Crippen LogP contribution >= 0.6 is 11.3 Å². The second kappa shape index (κ2) is 6.44. The number of fused-ring (bicyclic) bond motifs is 1. The van der Waals surface area contributed by atoms with Crippen molar-refractivity contribution in [1.29, 1.82) is 0 Å². The van der Waals surface area contributed by atoms with Gasteiger partial charge in [0.1, 0.15) is 0 Å². The van der Waals surface area contributed by atoms with Gasteiger partial charge >= 0.3 is 0 Å². The molecule has 3 nitrogen and oxygen atoms in total. The number of anilines is 2. The lowest BCUT2D eigenvalue weighted by molar-refractivity contribution is 0.342. The Morgan fingerprint density at radius 3 is 2.85 bits per heavy atom. The van der Waals surface area contributed by atoms with Crippen molar-refractivity contribution in [3.63, 3.8) is 0 Å². The van der Waals surface area contributed by atoms with Gasteiger partial charge in [0.05, 0.1) is 10.2 Å². The van der Waals surface area contributed by atoms with Crippen LogP contribution in [0.5, 0.6) is 0 Å². The maximum atomic E-state index is 5.80. The quantitative estimate of drug-likeness (QED) is 0.563. The maximum absolute atomic E-state index is 5.80. The Morgan fingerprint density at radius 1 is 1.30 bits per heavy atom. The molecule has 0 unspecified atom stereocenters. The van der Waals surface area contributed by atoms with E-state index in [0.29, 0.717) is 5.41 Å². The summed E-state index contributed by atoms with van der Waals surface area (Å²) in [6.45, 7) is 7.85. The third-order valence-electron chi connectivity index (χ3n) is 3.59. The Hall–Kier alpha value is -1.29. The number of benzene rings is 1. The molecular weight excluding hydrogens is 266 g/mol. The van der Waals surface area contributed by atoms with Gasteiger partial charge in [-0.1, -0.05) is 51.4 Å². The van der Waals surface area contributed by atoms with Gasteiger partial charge in [-0.05, 0) is 30.0 Å². The van der Waals surface area contributed by atoms with E-state index in [2.05, 4.69) is 31.1 Å². The van der Waals surface area contributed by atoms with Gasteiger partial charge in [-0.2, -0.15) is 0 Å². The first kappa shape index (κ1) is 15.1. The summed E-state index contributed by atoms with van der Waals surface area (Å²) >= 11 is 1.68. The average Bonchev–Trinajstić information content (AvgIpc) is 2.79. The molecule has 1 aromatic carbocycles. The summed E-state index contributed by atoms with van der Waals surface area (Å²) < 4.78 is 1.15.